The fourth-order valence-corrected chi connectivity index (χ4v) is 3.57. The highest BCUT2D eigenvalue weighted by Crippen LogP contribution is 2.34. The Bertz CT molecular complexity index is 935. The Kier molecular flexibility index (Phi) is 6.15. The third-order valence-electron chi connectivity index (χ3n) is 3.71. The van der Waals surface area contributed by atoms with E-state index in [0.717, 1.165) is 16.7 Å². The van der Waals surface area contributed by atoms with Crippen molar-refractivity contribution in [1.82, 2.24) is 15.2 Å². The summed E-state index contributed by atoms with van der Waals surface area (Å²) in [5.41, 5.74) is 1.01. The number of halogens is 2. The first-order valence-electron chi connectivity index (χ1n) is 7.85. The van der Waals surface area contributed by atoms with Crippen molar-refractivity contribution in [3.05, 3.63) is 68.8 Å². The summed E-state index contributed by atoms with van der Waals surface area (Å²) in [5.74, 6) is -0.732. The highest BCUT2D eigenvalue weighted by atomic mass is 35.5. The van der Waals surface area contributed by atoms with Crippen LogP contribution in [0.3, 0.4) is 0 Å². The van der Waals surface area contributed by atoms with Gasteiger partial charge >= 0.3 is 0 Å². The second-order valence-electron chi connectivity index (χ2n) is 5.47. The van der Waals surface area contributed by atoms with Gasteiger partial charge in [0.25, 0.3) is 17.1 Å². The number of amides is 3. The van der Waals surface area contributed by atoms with E-state index in [4.69, 9.17) is 23.2 Å². The van der Waals surface area contributed by atoms with Crippen molar-refractivity contribution in [3.8, 4) is 0 Å². The van der Waals surface area contributed by atoms with Crippen molar-refractivity contribution in [2.75, 3.05) is 13.1 Å². The predicted molar refractivity (Wildman–Crippen MR) is 106 cm³/mol. The summed E-state index contributed by atoms with van der Waals surface area (Å²) >= 11 is 12.9. The topological polar surface area (TPSA) is 79.4 Å². The molecule has 138 valence electrons. The van der Waals surface area contributed by atoms with Gasteiger partial charge < -0.3 is 5.32 Å². The number of benzene rings is 1. The SMILES string of the molecule is O=C(NCCN1C(=O)S/C(=C\c2cccc(Cl)c2Cl)C1=O)c1ccncc1. The van der Waals surface area contributed by atoms with Crippen LogP contribution >= 0.6 is 35.0 Å². The third kappa shape index (κ3) is 4.50. The number of nitrogens with one attached hydrogen (secondary N) is 1. The van der Waals surface area contributed by atoms with Gasteiger partial charge in [-0.15, -0.1) is 0 Å². The van der Waals surface area contributed by atoms with Crippen molar-refractivity contribution >= 4 is 58.1 Å². The van der Waals surface area contributed by atoms with Gasteiger partial charge in [0.2, 0.25) is 0 Å². The van der Waals surface area contributed by atoms with Crippen molar-refractivity contribution in [2.45, 2.75) is 0 Å². The summed E-state index contributed by atoms with van der Waals surface area (Å²) in [6.45, 7) is 0.215. The van der Waals surface area contributed by atoms with Crippen LogP contribution in [0, 0.1) is 0 Å². The summed E-state index contributed by atoms with van der Waals surface area (Å²) in [6.07, 6.45) is 4.56. The maximum Gasteiger partial charge on any atom is 0.293 e. The van der Waals surface area contributed by atoms with E-state index in [1.54, 1.807) is 30.3 Å². The van der Waals surface area contributed by atoms with Crippen molar-refractivity contribution in [1.29, 1.82) is 0 Å². The highest BCUT2D eigenvalue weighted by Gasteiger charge is 2.34. The smallest absolute Gasteiger partial charge is 0.293 e. The molecule has 0 unspecified atom stereocenters. The van der Waals surface area contributed by atoms with E-state index in [9.17, 15) is 14.4 Å². The zero-order valence-electron chi connectivity index (χ0n) is 13.8. The number of carbonyl (C=O) groups is 3. The van der Waals surface area contributed by atoms with Gasteiger partial charge in [-0.3, -0.25) is 24.3 Å². The number of rotatable bonds is 5. The number of imide groups is 1. The average molecular weight is 422 g/mol. The zero-order valence-corrected chi connectivity index (χ0v) is 16.1. The standard InChI is InChI=1S/C18H13Cl2N3O3S/c19-13-3-1-2-12(15(13)20)10-14-17(25)23(18(26)27-14)9-8-22-16(24)11-4-6-21-7-5-11/h1-7,10H,8-9H2,(H,22,24)/b14-10-. The molecule has 1 N–H and O–H groups in total. The lowest BCUT2D eigenvalue weighted by Crippen LogP contribution is -2.37. The lowest BCUT2D eigenvalue weighted by Gasteiger charge is -2.13. The summed E-state index contributed by atoms with van der Waals surface area (Å²) < 4.78 is 0. The fourth-order valence-electron chi connectivity index (χ4n) is 2.35. The molecule has 0 radical (unpaired) electrons. The summed E-state index contributed by atoms with van der Waals surface area (Å²) in [5, 5.41) is 2.95. The Morgan fingerprint density at radius 3 is 2.67 bits per heavy atom. The number of pyridine rings is 1. The quantitative estimate of drug-likeness (QED) is 0.741. The number of hydrogen-bond acceptors (Lipinski definition) is 5. The van der Waals surface area contributed by atoms with Crippen molar-refractivity contribution in [2.24, 2.45) is 0 Å². The van der Waals surface area contributed by atoms with E-state index < -0.39 is 11.1 Å². The van der Waals surface area contributed by atoms with Crippen LogP contribution in [0.4, 0.5) is 4.79 Å². The van der Waals surface area contributed by atoms with Crippen LogP contribution < -0.4 is 5.32 Å². The molecule has 3 amide bonds. The van der Waals surface area contributed by atoms with E-state index in [2.05, 4.69) is 10.3 Å². The predicted octanol–water partition coefficient (Wildman–Crippen LogP) is 3.85. The average Bonchev–Trinajstić information content (AvgIpc) is 2.93. The molecule has 0 aliphatic carbocycles. The van der Waals surface area contributed by atoms with Gasteiger partial charge in [0, 0.05) is 31.0 Å². The molecule has 1 aliphatic heterocycles. The van der Waals surface area contributed by atoms with Crippen molar-refractivity contribution < 1.29 is 14.4 Å². The van der Waals surface area contributed by atoms with Crippen LogP contribution in [0.5, 0.6) is 0 Å². The Labute approximate surface area is 169 Å². The molecule has 1 aromatic heterocycles. The summed E-state index contributed by atoms with van der Waals surface area (Å²) in [6, 6.07) is 8.20. The van der Waals surface area contributed by atoms with E-state index in [1.165, 1.54) is 18.5 Å². The second kappa shape index (κ2) is 8.56. The molecular weight excluding hydrogens is 409 g/mol. The molecule has 0 saturated carbocycles. The lowest BCUT2D eigenvalue weighted by molar-refractivity contribution is -0.122. The van der Waals surface area contributed by atoms with Crippen LogP contribution in [0.15, 0.2) is 47.6 Å². The maximum atomic E-state index is 12.5. The molecule has 3 rings (SSSR count). The molecule has 1 fully saturated rings. The first-order chi connectivity index (χ1) is 13.0. The molecule has 27 heavy (non-hydrogen) atoms. The zero-order chi connectivity index (χ0) is 19.4. The first kappa shape index (κ1) is 19.4. The van der Waals surface area contributed by atoms with Gasteiger partial charge in [-0.25, -0.2) is 0 Å². The number of carbonyl (C=O) groups excluding carboxylic acids is 3. The Morgan fingerprint density at radius 2 is 1.93 bits per heavy atom. The van der Waals surface area contributed by atoms with Crippen LogP contribution in [0.25, 0.3) is 6.08 Å². The summed E-state index contributed by atoms with van der Waals surface area (Å²) in [7, 11) is 0. The van der Waals surface area contributed by atoms with Gasteiger partial charge in [0.15, 0.2) is 0 Å². The van der Waals surface area contributed by atoms with E-state index >= 15 is 0 Å². The normalized spacial score (nSPS) is 15.5. The Balaban J connectivity index is 1.63. The number of aromatic nitrogens is 1. The molecule has 0 bridgehead atoms. The second-order valence-corrected chi connectivity index (χ2v) is 7.25. The monoisotopic (exact) mass is 421 g/mol. The van der Waals surface area contributed by atoms with Crippen LogP contribution in [-0.2, 0) is 4.79 Å². The molecule has 6 nitrogen and oxygen atoms in total. The third-order valence-corrected chi connectivity index (χ3v) is 5.45. The Hall–Kier alpha value is -2.35. The molecule has 2 aromatic rings. The molecule has 1 saturated heterocycles. The Morgan fingerprint density at radius 1 is 1.19 bits per heavy atom. The number of hydrogen-bond donors (Lipinski definition) is 1. The molecule has 0 atom stereocenters. The van der Waals surface area contributed by atoms with Gasteiger partial charge in [0.05, 0.1) is 15.0 Å². The molecular formula is C18H13Cl2N3O3S. The van der Waals surface area contributed by atoms with Crippen LogP contribution in [-0.4, -0.2) is 40.0 Å². The highest BCUT2D eigenvalue weighted by molar-refractivity contribution is 8.18. The van der Waals surface area contributed by atoms with Gasteiger partial charge in [-0.1, -0.05) is 35.3 Å². The minimum Gasteiger partial charge on any atom is -0.350 e. The number of nitrogens with zero attached hydrogens (tertiary/aromatic N) is 2. The minimum atomic E-state index is -0.431. The van der Waals surface area contributed by atoms with Crippen LogP contribution in [0.1, 0.15) is 15.9 Å². The van der Waals surface area contributed by atoms with Gasteiger partial charge in [0.1, 0.15) is 0 Å². The van der Waals surface area contributed by atoms with Crippen LogP contribution in [0.2, 0.25) is 10.0 Å². The first-order valence-corrected chi connectivity index (χ1v) is 9.42. The largest absolute Gasteiger partial charge is 0.350 e. The molecule has 2 heterocycles. The maximum absolute atomic E-state index is 12.5. The fraction of sp³-hybridized carbons (Fsp3) is 0.111. The molecule has 9 heteroatoms. The summed E-state index contributed by atoms with van der Waals surface area (Å²) in [4.78, 5) is 41.8. The van der Waals surface area contributed by atoms with E-state index in [-0.39, 0.29) is 23.9 Å². The van der Waals surface area contributed by atoms with Gasteiger partial charge in [-0.05, 0) is 41.6 Å². The number of thioether (sulfide) groups is 1. The molecule has 1 aromatic carbocycles. The van der Waals surface area contributed by atoms with Crippen molar-refractivity contribution in [3.63, 3.8) is 0 Å². The molecule has 0 spiro atoms. The van der Waals surface area contributed by atoms with E-state index in [1.807, 2.05) is 0 Å². The minimum absolute atomic E-state index is 0.0715. The van der Waals surface area contributed by atoms with E-state index in [0.29, 0.717) is 21.2 Å². The molecule has 1 aliphatic rings. The lowest BCUT2D eigenvalue weighted by atomic mass is 10.2. The van der Waals surface area contributed by atoms with Gasteiger partial charge in [-0.2, -0.15) is 0 Å².